The zero-order valence-electron chi connectivity index (χ0n) is 9.23. The first-order valence-corrected chi connectivity index (χ1v) is 5.25. The number of fused-ring (bicyclic) bond motifs is 2. The van der Waals surface area contributed by atoms with Gasteiger partial charge in [0.1, 0.15) is 5.52 Å². The second kappa shape index (κ2) is 3.59. The SMILES string of the molecule is COc1nccc2c(=O)c3ccccc3[nH]c12. The van der Waals surface area contributed by atoms with Crippen molar-refractivity contribution < 1.29 is 4.74 Å². The van der Waals surface area contributed by atoms with E-state index in [-0.39, 0.29) is 5.43 Å². The predicted molar refractivity (Wildman–Crippen MR) is 66.4 cm³/mol. The Kier molecular flexibility index (Phi) is 2.08. The largest absolute Gasteiger partial charge is 0.479 e. The van der Waals surface area contributed by atoms with Crippen molar-refractivity contribution in [2.45, 2.75) is 0 Å². The van der Waals surface area contributed by atoms with Gasteiger partial charge in [0.15, 0.2) is 5.43 Å². The third kappa shape index (κ3) is 1.38. The van der Waals surface area contributed by atoms with Crippen molar-refractivity contribution in [1.82, 2.24) is 9.97 Å². The van der Waals surface area contributed by atoms with Crippen LogP contribution in [0.3, 0.4) is 0 Å². The molecular weight excluding hydrogens is 216 g/mol. The Labute approximate surface area is 96.9 Å². The molecule has 2 aromatic heterocycles. The molecule has 84 valence electrons. The van der Waals surface area contributed by atoms with Crippen LogP contribution in [0.15, 0.2) is 41.3 Å². The number of pyridine rings is 2. The number of aromatic nitrogens is 2. The molecule has 0 aliphatic rings. The Morgan fingerprint density at radius 1 is 1.18 bits per heavy atom. The Morgan fingerprint density at radius 3 is 2.82 bits per heavy atom. The summed E-state index contributed by atoms with van der Waals surface area (Å²) in [6.07, 6.45) is 1.57. The number of rotatable bonds is 1. The van der Waals surface area contributed by atoms with Gasteiger partial charge in [0.05, 0.1) is 12.5 Å². The van der Waals surface area contributed by atoms with Crippen LogP contribution in [0.2, 0.25) is 0 Å². The molecule has 0 atom stereocenters. The van der Waals surface area contributed by atoms with E-state index < -0.39 is 0 Å². The standard InChI is InChI=1S/C13H10N2O2/c1-17-13-11-9(6-7-14-13)12(16)8-4-2-3-5-10(8)15-11/h2-7H,1H3,(H,15,16). The first-order valence-electron chi connectivity index (χ1n) is 5.25. The molecule has 2 heterocycles. The molecule has 0 saturated heterocycles. The molecule has 1 N–H and O–H groups in total. The molecule has 1 aromatic carbocycles. The molecule has 0 saturated carbocycles. The van der Waals surface area contributed by atoms with Crippen LogP contribution >= 0.6 is 0 Å². The summed E-state index contributed by atoms with van der Waals surface area (Å²) in [5.74, 6) is 0.436. The van der Waals surface area contributed by atoms with Crippen LogP contribution in [-0.2, 0) is 0 Å². The number of benzene rings is 1. The lowest BCUT2D eigenvalue weighted by molar-refractivity contribution is 0.402. The maximum atomic E-state index is 12.3. The Hall–Kier alpha value is -2.36. The van der Waals surface area contributed by atoms with Gasteiger partial charge >= 0.3 is 0 Å². The van der Waals surface area contributed by atoms with Gasteiger partial charge in [-0.25, -0.2) is 4.98 Å². The Morgan fingerprint density at radius 2 is 2.00 bits per heavy atom. The van der Waals surface area contributed by atoms with Gasteiger partial charge in [-0.1, -0.05) is 12.1 Å². The quantitative estimate of drug-likeness (QED) is 0.646. The monoisotopic (exact) mass is 226 g/mol. The van der Waals surface area contributed by atoms with E-state index in [4.69, 9.17) is 4.74 Å². The lowest BCUT2D eigenvalue weighted by atomic mass is 10.1. The smallest absolute Gasteiger partial charge is 0.238 e. The highest BCUT2D eigenvalue weighted by Gasteiger charge is 2.08. The van der Waals surface area contributed by atoms with E-state index in [1.165, 1.54) is 7.11 Å². The number of hydrogen-bond donors (Lipinski definition) is 1. The van der Waals surface area contributed by atoms with E-state index in [2.05, 4.69) is 9.97 Å². The van der Waals surface area contributed by atoms with Crippen LogP contribution in [0.1, 0.15) is 0 Å². The van der Waals surface area contributed by atoms with Gasteiger partial charge in [-0.15, -0.1) is 0 Å². The molecule has 0 radical (unpaired) electrons. The minimum Gasteiger partial charge on any atom is -0.479 e. The molecule has 4 nitrogen and oxygen atoms in total. The molecule has 0 aliphatic heterocycles. The van der Waals surface area contributed by atoms with Crippen LogP contribution < -0.4 is 10.2 Å². The number of hydrogen-bond acceptors (Lipinski definition) is 3. The fourth-order valence-electron chi connectivity index (χ4n) is 1.98. The molecule has 0 spiro atoms. The van der Waals surface area contributed by atoms with Crippen molar-refractivity contribution in [3.63, 3.8) is 0 Å². The summed E-state index contributed by atoms with van der Waals surface area (Å²) < 4.78 is 5.15. The number of para-hydroxylation sites is 1. The number of H-pyrrole nitrogens is 1. The molecule has 0 bridgehead atoms. The normalized spacial score (nSPS) is 10.9. The molecule has 3 aromatic rings. The zero-order chi connectivity index (χ0) is 11.8. The minimum atomic E-state index is -0.00458. The van der Waals surface area contributed by atoms with Crippen molar-refractivity contribution in [2.24, 2.45) is 0 Å². The predicted octanol–water partition coefficient (Wildman–Crippen LogP) is 2.08. The molecule has 0 fully saturated rings. The number of nitrogens with one attached hydrogen (secondary N) is 1. The summed E-state index contributed by atoms with van der Waals surface area (Å²) in [5.41, 5.74) is 1.42. The number of nitrogens with zero attached hydrogens (tertiary/aromatic N) is 1. The maximum absolute atomic E-state index is 12.3. The third-order valence-electron chi connectivity index (χ3n) is 2.79. The Bertz CT molecular complexity index is 762. The first kappa shape index (κ1) is 9.84. The average Bonchev–Trinajstić information content (AvgIpc) is 2.38. The average molecular weight is 226 g/mol. The lowest BCUT2D eigenvalue weighted by Gasteiger charge is -2.05. The first-order chi connectivity index (χ1) is 8.31. The van der Waals surface area contributed by atoms with Crippen LogP contribution in [0.5, 0.6) is 5.88 Å². The van der Waals surface area contributed by atoms with Gasteiger partial charge in [0.2, 0.25) is 5.88 Å². The summed E-state index contributed by atoms with van der Waals surface area (Å²) in [7, 11) is 1.54. The maximum Gasteiger partial charge on any atom is 0.238 e. The fraction of sp³-hybridized carbons (Fsp3) is 0.0769. The van der Waals surface area contributed by atoms with Gasteiger partial charge < -0.3 is 9.72 Å². The fourth-order valence-corrected chi connectivity index (χ4v) is 1.98. The topological polar surface area (TPSA) is 55.0 Å². The summed E-state index contributed by atoms with van der Waals surface area (Å²) in [4.78, 5) is 19.5. The second-order valence-electron chi connectivity index (χ2n) is 3.74. The van der Waals surface area contributed by atoms with Crippen molar-refractivity contribution in [1.29, 1.82) is 0 Å². The van der Waals surface area contributed by atoms with Crippen molar-refractivity contribution in [3.8, 4) is 5.88 Å². The van der Waals surface area contributed by atoms with Gasteiger partial charge in [-0.2, -0.15) is 0 Å². The van der Waals surface area contributed by atoms with Crippen LogP contribution in [0.25, 0.3) is 21.8 Å². The highest BCUT2D eigenvalue weighted by Crippen LogP contribution is 2.20. The lowest BCUT2D eigenvalue weighted by Crippen LogP contribution is -2.05. The summed E-state index contributed by atoms with van der Waals surface area (Å²) >= 11 is 0. The number of ether oxygens (including phenoxy) is 1. The highest BCUT2D eigenvalue weighted by atomic mass is 16.5. The summed E-state index contributed by atoms with van der Waals surface area (Å²) in [6, 6.07) is 9.10. The summed E-state index contributed by atoms with van der Waals surface area (Å²) in [5, 5.41) is 1.27. The van der Waals surface area contributed by atoms with E-state index in [0.717, 1.165) is 5.52 Å². The van der Waals surface area contributed by atoms with E-state index in [0.29, 0.717) is 22.2 Å². The van der Waals surface area contributed by atoms with Crippen molar-refractivity contribution in [3.05, 3.63) is 46.8 Å². The number of aromatic amines is 1. The van der Waals surface area contributed by atoms with Gasteiger partial charge in [0.25, 0.3) is 0 Å². The van der Waals surface area contributed by atoms with Gasteiger partial charge in [-0.05, 0) is 18.2 Å². The molecule has 17 heavy (non-hydrogen) atoms. The third-order valence-corrected chi connectivity index (χ3v) is 2.79. The molecule has 0 amide bonds. The van der Waals surface area contributed by atoms with Crippen LogP contribution in [-0.4, -0.2) is 17.1 Å². The molecule has 0 unspecified atom stereocenters. The van der Waals surface area contributed by atoms with Crippen LogP contribution in [0, 0.1) is 0 Å². The van der Waals surface area contributed by atoms with Crippen LogP contribution in [0.4, 0.5) is 0 Å². The second-order valence-corrected chi connectivity index (χ2v) is 3.74. The molecule has 3 rings (SSSR count). The minimum absolute atomic E-state index is 0.00458. The van der Waals surface area contributed by atoms with E-state index in [1.54, 1.807) is 18.3 Å². The number of methoxy groups -OCH3 is 1. The zero-order valence-corrected chi connectivity index (χ0v) is 9.23. The van der Waals surface area contributed by atoms with Gasteiger partial charge in [0, 0.05) is 17.1 Å². The summed E-state index contributed by atoms with van der Waals surface area (Å²) in [6.45, 7) is 0. The highest BCUT2D eigenvalue weighted by molar-refractivity contribution is 5.94. The van der Waals surface area contributed by atoms with E-state index in [9.17, 15) is 4.79 Å². The molecular formula is C13H10N2O2. The molecule has 0 aliphatic carbocycles. The van der Waals surface area contributed by atoms with Crippen molar-refractivity contribution >= 4 is 21.8 Å². The van der Waals surface area contributed by atoms with Gasteiger partial charge in [-0.3, -0.25) is 4.79 Å². The Balaban J connectivity index is 2.59. The van der Waals surface area contributed by atoms with E-state index >= 15 is 0 Å². The molecule has 4 heteroatoms. The van der Waals surface area contributed by atoms with Crippen molar-refractivity contribution in [2.75, 3.05) is 7.11 Å². The van der Waals surface area contributed by atoms with E-state index in [1.807, 2.05) is 18.2 Å².